The summed E-state index contributed by atoms with van der Waals surface area (Å²) < 4.78 is 30.6. The molecule has 0 aromatic rings. The molecule has 0 aromatic carbocycles. The first-order valence-corrected chi connectivity index (χ1v) is 16.2. The number of hydrogen-bond donors (Lipinski definition) is 0. The highest BCUT2D eigenvalue weighted by Gasteiger charge is 2.36. The van der Waals surface area contributed by atoms with E-state index in [0.717, 1.165) is 12.5 Å². The summed E-state index contributed by atoms with van der Waals surface area (Å²) in [5, 5.41) is 0. The summed E-state index contributed by atoms with van der Waals surface area (Å²) in [6, 6.07) is 0.939. The van der Waals surface area contributed by atoms with Crippen LogP contribution >= 0.6 is 0 Å². The van der Waals surface area contributed by atoms with Crippen LogP contribution in [-0.4, -0.2) is 61.0 Å². The SMILES string of the molecule is CCCCCCCCCCCCCCCCCC[Si](OC)(OC)OC.CO[SiH](OC)OC. The molecule has 0 unspecified atom stereocenters. The molecule has 196 valence electrons. The van der Waals surface area contributed by atoms with Crippen LogP contribution < -0.4 is 0 Å². The Labute approximate surface area is 203 Å². The van der Waals surface area contributed by atoms with Gasteiger partial charge in [-0.1, -0.05) is 103 Å². The van der Waals surface area contributed by atoms with Gasteiger partial charge in [0.25, 0.3) is 0 Å². The third kappa shape index (κ3) is 22.0. The van der Waals surface area contributed by atoms with Crippen molar-refractivity contribution in [2.75, 3.05) is 42.7 Å². The first-order valence-electron chi connectivity index (χ1n) is 12.8. The minimum absolute atomic E-state index is 0.939. The summed E-state index contributed by atoms with van der Waals surface area (Å²) >= 11 is 0. The van der Waals surface area contributed by atoms with E-state index in [-0.39, 0.29) is 0 Å². The summed E-state index contributed by atoms with van der Waals surface area (Å²) in [4.78, 5) is 0. The smallest absolute Gasteiger partial charge is 0.379 e. The van der Waals surface area contributed by atoms with Crippen LogP contribution in [0.25, 0.3) is 0 Å². The average Bonchev–Trinajstić information content (AvgIpc) is 2.83. The molecule has 0 N–H and O–H groups in total. The maximum absolute atomic E-state index is 5.45. The van der Waals surface area contributed by atoms with Crippen molar-refractivity contribution in [2.45, 2.75) is 116 Å². The van der Waals surface area contributed by atoms with Gasteiger partial charge >= 0.3 is 18.3 Å². The molecule has 0 fully saturated rings. The zero-order valence-electron chi connectivity index (χ0n) is 22.5. The van der Waals surface area contributed by atoms with Gasteiger partial charge in [-0.2, -0.15) is 0 Å². The Morgan fingerprint density at radius 2 is 0.719 bits per heavy atom. The highest BCUT2D eigenvalue weighted by atomic mass is 28.4. The van der Waals surface area contributed by atoms with Crippen molar-refractivity contribution in [3.8, 4) is 0 Å². The van der Waals surface area contributed by atoms with Crippen molar-refractivity contribution >= 4 is 18.3 Å². The molecule has 6 nitrogen and oxygen atoms in total. The zero-order valence-corrected chi connectivity index (χ0v) is 24.7. The first-order chi connectivity index (χ1) is 15.6. The van der Waals surface area contributed by atoms with E-state index in [2.05, 4.69) is 6.92 Å². The summed E-state index contributed by atoms with van der Waals surface area (Å²) in [5.74, 6) is 0. The van der Waals surface area contributed by atoms with Gasteiger partial charge in [0.15, 0.2) is 0 Å². The Morgan fingerprint density at radius 3 is 0.938 bits per heavy atom. The molecule has 8 heteroatoms. The quantitative estimate of drug-likeness (QED) is 0.115. The molecular formula is C24H56O6Si2. The monoisotopic (exact) mass is 496 g/mol. The summed E-state index contributed by atoms with van der Waals surface area (Å²) in [5.41, 5.74) is 0. The van der Waals surface area contributed by atoms with Gasteiger partial charge in [-0.25, -0.2) is 0 Å². The Hall–Kier alpha value is 0.194. The fourth-order valence-electron chi connectivity index (χ4n) is 3.73. The minimum atomic E-state index is -2.32. The van der Waals surface area contributed by atoms with Crippen molar-refractivity contribution < 1.29 is 26.6 Å². The normalized spacial score (nSPS) is 11.6. The van der Waals surface area contributed by atoms with Crippen molar-refractivity contribution in [3.63, 3.8) is 0 Å². The molecule has 0 aliphatic rings. The predicted octanol–water partition coefficient (Wildman–Crippen LogP) is 6.77. The van der Waals surface area contributed by atoms with Crippen LogP contribution in [0.5, 0.6) is 0 Å². The van der Waals surface area contributed by atoms with Gasteiger partial charge in [0, 0.05) is 48.7 Å². The van der Waals surface area contributed by atoms with E-state index in [1.807, 2.05) is 0 Å². The van der Waals surface area contributed by atoms with Crippen LogP contribution in [0.3, 0.4) is 0 Å². The van der Waals surface area contributed by atoms with E-state index in [1.165, 1.54) is 96.3 Å². The largest absolute Gasteiger partial charge is 0.500 e. The van der Waals surface area contributed by atoms with E-state index in [1.54, 1.807) is 42.7 Å². The van der Waals surface area contributed by atoms with Crippen molar-refractivity contribution in [3.05, 3.63) is 0 Å². The second kappa shape index (κ2) is 27.4. The third-order valence-electron chi connectivity index (χ3n) is 5.85. The Morgan fingerprint density at radius 1 is 0.438 bits per heavy atom. The van der Waals surface area contributed by atoms with Crippen molar-refractivity contribution in [2.24, 2.45) is 0 Å². The molecule has 0 aliphatic carbocycles. The molecule has 0 spiro atoms. The van der Waals surface area contributed by atoms with Crippen LogP contribution in [0.2, 0.25) is 6.04 Å². The van der Waals surface area contributed by atoms with Crippen LogP contribution in [0.4, 0.5) is 0 Å². The van der Waals surface area contributed by atoms with Gasteiger partial charge in [0.2, 0.25) is 0 Å². The molecule has 0 aliphatic heterocycles. The summed E-state index contributed by atoms with van der Waals surface area (Å²) in [6.07, 6.45) is 22.3. The summed E-state index contributed by atoms with van der Waals surface area (Å²) in [6.45, 7) is 2.29. The standard InChI is InChI=1S/C21H46O3Si.C3H10O3Si/c1-5-6-7-8-9-10-11-12-13-14-15-16-17-18-19-20-21-25(22-2,23-3)24-4;1-4-7(5-2)6-3/h5-21H2,1-4H3;7H,1-3H3. The fourth-order valence-corrected chi connectivity index (χ4v) is 6.11. The fraction of sp³-hybridized carbons (Fsp3) is 1.00. The van der Waals surface area contributed by atoms with E-state index < -0.39 is 18.3 Å². The predicted molar refractivity (Wildman–Crippen MR) is 139 cm³/mol. The third-order valence-corrected chi connectivity index (χ3v) is 9.83. The van der Waals surface area contributed by atoms with E-state index in [4.69, 9.17) is 26.6 Å². The van der Waals surface area contributed by atoms with Crippen molar-refractivity contribution in [1.29, 1.82) is 0 Å². The minimum Gasteiger partial charge on any atom is -0.379 e. The van der Waals surface area contributed by atoms with Gasteiger partial charge in [0.05, 0.1) is 0 Å². The molecule has 0 aromatic heterocycles. The van der Waals surface area contributed by atoms with Crippen molar-refractivity contribution in [1.82, 2.24) is 0 Å². The molecule has 32 heavy (non-hydrogen) atoms. The van der Waals surface area contributed by atoms with Gasteiger partial charge in [0.1, 0.15) is 0 Å². The zero-order chi connectivity index (χ0) is 24.3. The maximum Gasteiger partial charge on any atom is 0.500 e. The molecule has 0 saturated heterocycles. The van der Waals surface area contributed by atoms with Gasteiger partial charge in [-0.05, 0) is 6.42 Å². The second-order valence-corrected chi connectivity index (χ2v) is 13.4. The lowest BCUT2D eigenvalue weighted by Gasteiger charge is -2.24. The van der Waals surface area contributed by atoms with Gasteiger partial charge in [-0.15, -0.1) is 0 Å². The lowest BCUT2D eigenvalue weighted by atomic mass is 10.0. The molecule has 0 bridgehead atoms. The first kappa shape index (κ1) is 34.4. The average molecular weight is 497 g/mol. The Kier molecular flexibility index (Phi) is 29.5. The number of hydrogen-bond acceptors (Lipinski definition) is 6. The lowest BCUT2D eigenvalue weighted by molar-refractivity contribution is 0.122. The van der Waals surface area contributed by atoms with Crippen LogP contribution in [0.15, 0.2) is 0 Å². The highest BCUT2D eigenvalue weighted by molar-refractivity contribution is 6.60. The molecule has 0 atom stereocenters. The number of unbranched alkanes of at least 4 members (excludes halogenated alkanes) is 15. The van der Waals surface area contributed by atoms with Crippen LogP contribution in [0, 0.1) is 0 Å². The molecule has 0 amide bonds. The molecule has 0 heterocycles. The van der Waals surface area contributed by atoms with Gasteiger partial charge in [-0.3, -0.25) is 0 Å². The topological polar surface area (TPSA) is 55.4 Å². The Balaban J connectivity index is 0. The molecule has 0 radical (unpaired) electrons. The van der Waals surface area contributed by atoms with E-state index in [0.29, 0.717) is 0 Å². The van der Waals surface area contributed by atoms with Crippen LogP contribution in [-0.2, 0) is 26.6 Å². The Bertz CT molecular complexity index is 329. The second-order valence-electron chi connectivity index (χ2n) is 8.34. The summed E-state index contributed by atoms with van der Waals surface area (Å²) in [7, 11) is 5.82. The van der Waals surface area contributed by atoms with E-state index >= 15 is 0 Å². The number of rotatable bonds is 23. The van der Waals surface area contributed by atoms with Crippen LogP contribution in [0.1, 0.15) is 110 Å². The maximum atomic E-state index is 5.45. The van der Waals surface area contributed by atoms with E-state index in [9.17, 15) is 0 Å². The molecule has 0 rings (SSSR count). The molecular weight excluding hydrogens is 440 g/mol. The lowest BCUT2D eigenvalue weighted by Crippen LogP contribution is -2.42. The van der Waals surface area contributed by atoms with Gasteiger partial charge < -0.3 is 26.6 Å². The molecule has 0 saturated carbocycles. The highest BCUT2D eigenvalue weighted by Crippen LogP contribution is 2.19.